The molecule has 1 unspecified atom stereocenters. The van der Waals surface area contributed by atoms with Crippen molar-refractivity contribution in [1.82, 2.24) is 9.80 Å². The van der Waals surface area contributed by atoms with E-state index >= 15 is 0 Å². The van der Waals surface area contributed by atoms with Crippen molar-refractivity contribution in [3.8, 4) is 0 Å². The Kier molecular flexibility index (Phi) is 6.68. The summed E-state index contributed by atoms with van der Waals surface area (Å²) in [7, 11) is 4.45. The minimum atomic E-state index is 0.137. The molecule has 0 radical (unpaired) electrons. The first-order chi connectivity index (χ1) is 10.0. The van der Waals surface area contributed by atoms with E-state index in [0.29, 0.717) is 0 Å². The number of hydrogen-bond donors (Lipinski definition) is 1. The van der Waals surface area contributed by atoms with Gasteiger partial charge in [0.25, 0.3) is 0 Å². The molecule has 2 rings (SSSR count). The van der Waals surface area contributed by atoms with E-state index in [-0.39, 0.29) is 6.04 Å². The van der Waals surface area contributed by atoms with Crippen LogP contribution in [0.25, 0.3) is 0 Å². The second-order valence-corrected chi connectivity index (χ2v) is 7.37. The first-order valence-electron chi connectivity index (χ1n) is 7.92. The third-order valence-electron chi connectivity index (χ3n) is 4.53. The predicted octanol–water partition coefficient (Wildman–Crippen LogP) is 3.11. The number of nitrogens with two attached hydrogens (primary N) is 1. The first kappa shape index (κ1) is 16.9. The zero-order valence-corrected chi connectivity index (χ0v) is 14.8. The second-order valence-electron chi connectivity index (χ2n) is 6.46. The highest BCUT2D eigenvalue weighted by atomic mass is 79.9. The smallest absolute Gasteiger partial charge is 0.0307 e. The van der Waals surface area contributed by atoms with Gasteiger partial charge in [0.2, 0.25) is 0 Å². The van der Waals surface area contributed by atoms with Crippen LogP contribution in [0.15, 0.2) is 28.7 Å². The summed E-state index contributed by atoms with van der Waals surface area (Å²) in [6.45, 7) is 4.78. The van der Waals surface area contributed by atoms with Crippen molar-refractivity contribution in [1.29, 1.82) is 0 Å². The van der Waals surface area contributed by atoms with Gasteiger partial charge in [-0.15, -0.1) is 0 Å². The lowest BCUT2D eigenvalue weighted by Crippen LogP contribution is -2.36. The van der Waals surface area contributed by atoms with Crippen LogP contribution in [0.1, 0.15) is 30.9 Å². The summed E-state index contributed by atoms with van der Waals surface area (Å²) < 4.78 is 1.11. The topological polar surface area (TPSA) is 32.5 Å². The lowest BCUT2D eigenvalue weighted by Gasteiger charge is -2.32. The Balaban J connectivity index is 1.70. The van der Waals surface area contributed by atoms with Crippen molar-refractivity contribution in [2.75, 3.05) is 40.3 Å². The van der Waals surface area contributed by atoms with Crippen molar-refractivity contribution in [2.45, 2.75) is 25.3 Å². The fourth-order valence-corrected chi connectivity index (χ4v) is 3.28. The molecule has 0 saturated carbocycles. The molecule has 1 aromatic carbocycles. The molecule has 0 amide bonds. The molecule has 1 atom stereocenters. The van der Waals surface area contributed by atoms with Gasteiger partial charge in [-0.3, -0.25) is 0 Å². The van der Waals surface area contributed by atoms with Gasteiger partial charge in [0.15, 0.2) is 0 Å². The van der Waals surface area contributed by atoms with Crippen LogP contribution in [0.5, 0.6) is 0 Å². The van der Waals surface area contributed by atoms with Gasteiger partial charge in [0, 0.05) is 17.1 Å². The SMILES string of the molecule is CN1CCC(CN(C)CCC(N)c2ccc(Br)cc2)CC1. The van der Waals surface area contributed by atoms with Crippen molar-refractivity contribution in [3.63, 3.8) is 0 Å². The number of halogens is 1. The summed E-state index contributed by atoms with van der Waals surface area (Å²) in [5.74, 6) is 0.857. The summed E-state index contributed by atoms with van der Waals surface area (Å²) in [5, 5.41) is 0. The van der Waals surface area contributed by atoms with Crippen LogP contribution in [-0.2, 0) is 0 Å². The Morgan fingerprint density at radius 3 is 2.52 bits per heavy atom. The fourth-order valence-electron chi connectivity index (χ4n) is 3.01. The van der Waals surface area contributed by atoms with E-state index in [0.717, 1.165) is 23.4 Å². The summed E-state index contributed by atoms with van der Waals surface area (Å²) in [6, 6.07) is 8.50. The summed E-state index contributed by atoms with van der Waals surface area (Å²) >= 11 is 3.46. The first-order valence-corrected chi connectivity index (χ1v) is 8.72. The highest BCUT2D eigenvalue weighted by Gasteiger charge is 2.18. The number of likely N-dealkylation sites (tertiary alicyclic amines) is 1. The van der Waals surface area contributed by atoms with Crippen LogP contribution >= 0.6 is 15.9 Å². The molecule has 1 aliphatic heterocycles. The monoisotopic (exact) mass is 353 g/mol. The van der Waals surface area contributed by atoms with Crippen molar-refractivity contribution < 1.29 is 0 Å². The quantitative estimate of drug-likeness (QED) is 0.852. The Morgan fingerprint density at radius 1 is 1.29 bits per heavy atom. The summed E-state index contributed by atoms with van der Waals surface area (Å²) in [5.41, 5.74) is 7.52. The Bertz CT molecular complexity index is 413. The maximum atomic E-state index is 6.30. The summed E-state index contributed by atoms with van der Waals surface area (Å²) in [6.07, 6.45) is 3.68. The van der Waals surface area contributed by atoms with Gasteiger partial charge < -0.3 is 15.5 Å². The molecule has 0 spiro atoms. The van der Waals surface area contributed by atoms with E-state index in [2.05, 4.69) is 64.1 Å². The fraction of sp³-hybridized carbons (Fsp3) is 0.647. The molecule has 1 heterocycles. The Morgan fingerprint density at radius 2 is 1.90 bits per heavy atom. The molecular formula is C17H28BrN3. The average molecular weight is 354 g/mol. The Labute approximate surface area is 137 Å². The van der Waals surface area contributed by atoms with E-state index in [9.17, 15) is 0 Å². The predicted molar refractivity (Wildman–Crippen MR) is 93.4 cm³/mol. The molecule has 0 aromatic heterocycles. The van der Waals surface area contributed by atoms with Gasteiger partial charge in [-0.1, -0.05) is 28.1 Å². The molecule has 2 N–H and O–H groups in total. The normalized spacial score (nSPS) is 19.1. The standard InChI is InChI=1S/C17H28BrN3/c1-20-10-7-14(8-11-20)13-21(2)12-9-17(19)15-3-5-16(18)6-4-15/h3-6,14,17H,7-13,19H2,1-2H3. The van der Waals surface area contributed by atoms with Crippen LogP contribution in [0.2, 0.25) is 0 Å². The second kappa shape index (κ2) is 8.28. The van der Waals surface area contributed by atoms with Crippen molar-refractivity contribution >= 4 is 15.9 Å². The molecule has 1 aromatic rings. The lowest BCUT2D eigenvalue weighted by atomic mass is 9.96. The molecule has 1 saturated heterocycles. The lowest BCUT2D eigenvalue weighted by molar-refractivity contribution is 0.174. The molecule has 1 aliphatic rings. The van der Waals surface area contributed by atoms with Crippen LogP contribution in [-0.4, -0.2) is 50.1 Å². The van der Waals surface area contributed by atoms with Crippen molar-refractivity contribution in [3.05, 3.63) is 34.3 Å². The molecule has 1 fully saturated rings. The zero-order chi connectivity index (χ0) is 15.2. The van der Waals surface area contributed by atoms with Gasteiger partial charge in [-0.2, -0.15) is 0 Å². The number of nitrogens with zero attached hydrogens (tertiary/aromatic N) is 2. The third-order valence-corrected chi connectivity index (χ3v) is 5.06. The van der Waals surface area contributed by atoms with Crippen LogP contribution in [0.3, 0.4) is 0 Å². The number of rotatable bonds is 6. The minimum Gasteiger partial charge on any atom is -0.324 e. The van der Waals surface area contributed by atoms with E-state index in [1.807, 2.05) is 0 Å². The minimum absolute atomic E-state index is 0.137. The maximum absolute atomic E-state index is 6.30. The molecule has 118 valence electrons. The summed E-state index contributed by atoms with van der Waals surface area (Å²) in [4.78, 5) is 4.88. The van der Waals surface area contributed by atoms with Crippen LogP contribution in [0.4, 0.5) is 0 Å². The van der Waals surface area contributed by atoms with Gasteiger partial charge in [-0.05, 0) is 76.6 Å². The highest BCUT2D eigenvalue weighted by molar-refractivity contribution is 9.10. The molecule has 21 heavy (non-hydrogen) atoms. The molecule has 0 aliphatic carbocycles. The van der Waals surface area contributed by atoms with Gasteiger partial charge >= 0.3 is 0 Å². The molecule has 0 bridgehead atoms. The molecule has 4 heteroatoms. The van der Waals surface area contributed by atoms with Gasteiger partial charge in [0.05, 0.1) is 0 Å². The van der Waals surface area contributed by atoms with Crippen LogP contribution < -0.4 is 5.73 Å². The van der Waals surface area contributed by atoms with E-state index in [4.69, 9.17) is 5.73 Å². The number of benzene rings is 1. The maximum Gasteiger partial charge on any atom is 0.0307 e. The van der Waals surface area contributed by atoms with Gasteiger partial charge in [0.1, 0.15) is 0 Å². The molecular weight excluding hydrogens is 326 g/mol. The molecule has 3 nitrogen and oxygen atoms in total. The van der Waals surface area contributed by atoms with Crippen LogP contribution in [0, 0.1) is 5.92 Å². The van der Waals surface area contributed by atoms with Crippen molar-refractivity contribution in [2.24, 2.45) is 11.7 Å². The highest BCUT2D eigenvalue weighted by Crippen LogP contribution is 2.19. The number of hydrogen-bond acceptors (Lipinski definition) is 3. The Hall–Kier alpha value is -0.420. The number of piperidine rings is 1. The third kappa shape index (κ3) is 5.70. The average Bonchev–Trinajstić information content (AvgIpc) is 2.48. The van der Waals surface area contributed by atoms with E-state index in [1.165, 1.54) is 38.0 Å². The van der Waals surface area contributed by atoms with E-state index in [1.54, 1.807) is 0 Å². The largest absolute Gasteiger partial charge is 0.324 e. The van der Waals surface area contributed by atoms with E-state index < -0.39 is 0 Å². The van der Waals surface area contributed by atoms with Gasteiger partial charge in [-0.25, -0.2) is 0 Å². The zero-order valence-electron chi connectivity index (χ0n) is 13.3.